The number of benzene rings is 1. The van der Waals surface area contributed by atoms with Crippen LogP contribution in [0.3, 0.4) is 0 Å². The van der Waals surface area contributed by atoms with Gasteiger partial charge in [0.1, 0.15) is 5.75 Å². The molecule has 1 aliphatic heterocycles. The minimum absolute atomic E-state index is 0.0233. The van der Waals surface area contributed by atoms with Gasteiger partial charge in [0, 0.05) is 42.9 Å². The van der Waals surface area contributed by atoms with Crippen molar-refractivity contribution in [1.82, 2.24) is 4.98 Å². The zero-order chi connectivity index (χ0) is 17.1. The number of rotatable bonds is 4. The number of halogens is 1. The van der Waals surface area contributed by atoms with Crippen LogP contribution < -0.4 is 14.5 Å². The van der Waals surface area contributed by atoms with Gasteiger partial charge < -0.3 is 14.5 Å². The minimum Gasteiger partial charge on any atom is -0.495 e. The number of piperazine rings is 1. The first-order chi connectivity index (χ1) is 11.6. The van der Waals surface area contributed by atoms with E-state index in [0.29, 0.717) is 23.4 Å². The highest BCUT2D eigenvalue weighted by Crippen LogP contribution is 2.32. The number of nitro groups is 1. The topological polar surface area (TPSA) is 71.7 Å². The predicted molar refractivity (Wildman–Crippen MR) is 96.0 cm³/mol. The molecular formula is C16H17BrN4O3. The van der Waals surface area contributed by atoms with Crippen molar-refractivity contribution < 1.29 is 9.66 Å². The number of pyridine rings is 1. The Morgan fingerprint density at radius 2 is 1.88 bits per heavy atom. The number of hydrogen-bond acceptors (Lipinski definition) is 6. The molecule has 7 nitrogen and oxygen atoms in total. The monoisotopic (exact) mass is 392 g/mol. The number of aromatic nitrogens is 1. The van der Waals surface area contributed by atoms with Gasteiger partial charge in [-0.15, -0.1) is 0 Å². The van der Waals surface area contributed by atoms with Gasteiger partial charge in [0.15, 0.2) is 0 Å². The lowest BCUT2D eigenvalue weighted by Crippen LogP contribution is -2.47. The SMILES string of the molecule is COc1ccccc1N1CCN(c2ncc(Br)cc2[N+](=O)[O-])CC1. The van der Waals surface area contributed by atoms with Crippen LogP contribution in [0.4, 0.5) is 17.2 Å². The molecule has 0 amide bonds. The summed E-state index contributed by atoms with van der Waals surface area (Å²) in [7, 11) is 1.66. The van der Waals surface area contributed by atoms with E-state index in [9.17, 15) is 10.1 Å². The second-order valence-corrected chi connectivity index (χ2v) is 6.31. The molecule has 0 N–H and O–H groups in total. The van der Waals surface area contributed by atoms with Gasteiger partial charge >= 0.3 is 5.69 Å². The quantitative estimate of drug-likeness (QED) is 0.587. The van der Waals surface area contributed by atoms with Crippen LogP contribution in [0.5, 0.6) is 5.75 Å². The minimum atomic E-state index is -0.389. The Bertz CT molecular complexity index is 748. The molecule has 1 aliphatic rings. The molecule has 0 atom stereocenters. The van der Waals surface area contributed by atoms with E-state index in [1.807, 2.05) is 29.2 Å². The highest BCUT2D eigenvalue weighted by atomic mass is 79.9. The summed E-state index contributed by atoms with van der Waals surface area (Å²) in [6, 6.07) is 9.37. The molecule has 0 aliphatic carbocycles. The summed E-state index contributed by atoms with van der Waals surface area (Å²) in [4.78, 5) is 19.3. The van der Waals surface area contributed by atoms with E-state index in [1.54, 1.807) is 13.3 Å². The van der Waals surface area contributed by atoms with Gasteiger partial charge in [-0.2, -0.15) is 0 Å². The van der Waals surface area contributed by atoms with Crippen molar-refractivity contribution in [3.63, 3.8) is 0 Å². The molecule has 0 saturated carbocycles. The smallest absolute Gasteiger partial charge is 0.312 e. The largest absolute Gasteiger partial charge is 0.495 e. The van der Waals surface area contributed by atoms with Crippen LogP contribution in [0.15, 0.2) is 41.0 Å². The number of para-hydroxylation sites is 2. The number of nitrogens with zero attached hydrogens (tertiary/aromatic N) is 4. The Hall–Kier alpha value is -2.35. The molecule has 0 unspecified atom stereocenters. The van der Waals surface area contributed by atoms with Crippen LogP contribution in [-0.4, -0.2) is 43.2 Å². The molecule has 3 rings (SSSR count). The van der Waals surface area contributed by atoms with Crippen LogP contribution in [0.25, 0.3) is 0 Å². The number of methoxy groups -OCH3 is 1. The Balaban J connectivity index is 1.77. The third kappa shape index (κ3) is 3.28. The zero-order valence-corrected chi connectivity index (χ0v) is 14.8. The van der Waals surface area contributed by atoms with E-state index in [1.165, 1.54) is 6.07 Å². The maximum Gasteiger partial charge on any atom is 0.312 e. The standard InChI is InChI=1S/C16H17BrN4O3/c1-24-15-5-3-2-4-13(15)19-6-8-20(9-7-19)16-14(21(22)23)10-12(17)11-18-16/h2-5,10-11H,6-9H2,1H3. The maximum atomic E-state index is 11.3. The molecular weight excluding hydrogens is 376 g/mol. The van der Waals surface area contributed by atoms with Crippen molar-refractivity contribution in [2.45, 2.75) is 0 Å². The molecule has 0 radical (unpaired) electrons. The van der Waals surface area contributed by atoms with Crippen molar-refractivity contribution >= 4 is 33.1 Å². The van der Waals surface area contributed by atoms with Crippen molar-refractivity contribution in [1.29, 1.82) is 0 Å². The zero-order valence-electron chi connectivity index (χ0n) is 13.2. The summed E-state index contributed by atoms with van der Waals surface area (Å²) in [5.74, 6) is 1.25. The second-order valence-electron chi connectivity index (χ2n) is 5.40. The van der Waals surface area contributed by atoms with Crippen LogP contribution in [-0.2, 0) is 0 Å². The first-order valence-electron chi connectivity index (χ1n) is 7.53. The highest BCUT2D eigenvalue weighted by Gasteiger charge is 2.26. The average Bonchev–Trinajstić information content (AvgIpc) is 2.62. The lowest BCUT2D eigenvalue weighted by Gasteiger charge is -2.36. The van der Waals surface area contributed by atoms with Gasteiger partial charge in [-0.05, 0) is 28.1 Å². The van der Waals surface area contributed by atoms with Crippen LogP contribution in [0.1, 0.15) is 0 Å². The summed E-state index contributed by atoms with van der Waals surface area (Å²) >= 11 is 3.24. The molecule has 1 fully saturated rings. The lowest BCUT2D eigenvalue weighted by atomic mass is 10.2. The fourth-order valence-electron chi connectivity index (χ4n) is 2.85. The molecule has 1 aromatic heterocycles. The van der Waals surface area contributed by atoms with Crippen LogP contribution in [0.2, 0.25) is 0 Å². The number of hydrogen-bond donors (Lipinski definition) is 0. The molecule has 8 heteroatoms. The molecule has 126 valence electrons. The van der Waals surface area contributed by atoms with E-state index in [2.05, 4.69) is 25.8 Å². The predicted octanol–water partition coefficient (Wildman–Crippen LogP) is 3.09. The summed E-state index contributed by atoms with van der Waals surface area (Å²) in [5.41, 5.74) is 1.06. The summed E-state index contributed by atoms with van der Waals surface area (Å²) in [5, 5.41) is 11.3. The first-order valence-corrected chi connectivity index (χ1v) is 8.32. The van der Waals surface area contributed by atoms with Crippen molar-refractivity contribution in [2.24, 2.45) is 0 Å². The fraction of sp³-hybridized carbons (Fsp3) is 0.312. The fourth-order valence-corrected chi connectivity index (χ4v) is 3.17. The summed E-state index contributed by atoms with van der Waals surface area (Å²) in [6.07, 6.45) is 1.59. The number of anilines is 2. The third-order valence-electron chi connectivity index (χ3n) is 4.02. The van der Waals surface area contributed by atoms with Crippen LogP contribution in [0, 0.1) is 10.1 Å². The van der Waals surface area contributed by atoms with Gasteiger partial charge in [0.05, 0.1) is 17.7 Å². The molecule has 1 saturated heterocycles. The van der Waals surface area contributed by atoms with Crippen molar-refractivity contribution in [3.8, 4) is 5.75 Å². The third-order valence-corrected chi connectivity index (χ3v) is 4.45. The van der Waals surface area contributed by atoms with E-state index in [-0.39, 0.29) is 10.6 Å². The Kier molecular flexibility index (Phi) is 4.84. The average molecular weight is 393 g/mol. The normalized spacial score (nSPS) is 14.6. The summed E-state index contributed by atoms with van der Waals surface area (Å²) < 4.78 is 6.01. The molecule has 2 aromatic rings. The van der Waals surface area contributed by atoms with E-state index in [4.69, 9.17) is 4.74 Å². The second kappa shape index (κ2) is 7.04. The number of ether oxygens (including phenoxy) is 1. The summed E-state index contributed by atoms with van der Waals surface area (Å²) in [6.45, 7) is 2.81. The molecule has 0 spiro atoms. The van der Waals surface area contributed by atoms with Crippen molar-refractivity contribution in [2.75, 3.05) is 43.1 Å². The first kappa shape index (κ1) is 16.5. The molecule has 1 aromatic carbocycles. The van der Waals surface area contributed by atoms with Gasteiger partial charge in [0.25, 0.3) is 0 Å². The van der Waals surface area contributed by atoms with Gasteiger partial charge in [-0.1, -0.05) is 12.1 Å². The van der Waals surface area contributed by atoms with Crippen LogP contribution >= 0.6 is 15.9 Å². The van der Waals surface area contributed by atoms with E-state index < -0.39 is 0 Å². The Morgan fingerprint density at radius 1 is 1.21 bits per heavy atom. The molecule has 2 heterocycles. The lowest BCUT2D eigenvalue weighted by molar-refractivity contribution is -0.384. The Labute approximate surface area is 148 Å². The Morgan fingerprint density at radius 3 is 2.54 bits per heavy atom. The van der Waals surface area contributed by atoms with E-state index >= 15 is 0 Å². The van der Waals surface area contributed by atoms with Gasteiger partial charge in [0.2, 0.25) is 5.82 Å². The van der Waals surface area contributed by atoms with Crippen molar-refractivity contribution in [3.05, 3.63) is 51.1 Å². The highest BCUT2D eigenvalue weighted by molar-refractivity contribution is 9.10. The van der Waals surface area contributed by atoms with Gasteiger partial charge in [-0.25, -0.2) is 4.98 Å². The molecule has 0 bridgehead atoms. The van der Waals surface area contributed by atoms with Gasteiger partial charge in [-0.3, -0.25) is 10.1 Å². The maximum absolute atomic E-state index is 11.3. The molecule has 24 heavy (non-hydrogen) atoms. The van der Waals surface area contributed by atoms with E-state index in [0.717, 1.165) is 24.5 Å².